The Morgan fingerprint density at radius 1 is 1.15 bits per heavy atom. The van der Waals surface area contributed by atoms with E-state index >= 15 is 4.39 Å². The molecular formula is C27H35F2N3O2. The fourth-order valence-corrected chi connectivity index (χ4v) is 4.87. The third-order valence-electron chi connectivity index (χ3n) is 6.72. The van der Waals surface area contributed by atoms with Gasteiger partial charge >= 0.3 is 6.03 Å². The highest BCUT2D eigenvalue weighted by Gasteiger charge is 2.42. The number of piperidine rings is 1. The number of nitrogens with one attached hydrogen (secondary N) is 1. The number of nitrogens with zero attached hydrogens (tertiary/aromatic N) is 2. The number of carbonyl (C=O) groups excluding carboxylic acids is 1. The van der Waals surface area contributed by atoms with Crippen molar-refractivity contribution in [1.82, 2.24) is 15.1 Å². The van der Waals surface area contributed by atoms with E-state index in [4.69, 9.17) is 4.74 Å². The standard InChI is InChI=1S/C27H35F2N3O2/c1-19(2)18-34-24-11-7-21(8-12-24)16-32(26-14-23-4-3-13-31(23)17-25(26)29)27(33)30-15-20-5-9-22(28)10-6-20/h5-12,19,23,25-26H,3-4,13-18H2,1-2H3,(H,30,33)/t23-,25+,26-/m0/s1. The molecule has 0 unspecified atom stereocenters. The van der Waals surface area contributed by atoms with Crippen molar-refractivity contribution < 1.29 is 18.3 Å². The molecule has 2 aromatic rings. The van der Waals surface area contributed by atoms with Gasteiger partial charge in [-0.25, -0.2) is 13.6 Å². The van der Waals surface area contributed by atoms with Gasteiger partial charge in [0.15, 0.2) is 0 Å². The molecule has 7 heteroatoms. The van der Waals surface area contributed by atoms with Gasteiger partial charge in [-0.15, -0.1) is 0 Å². The zero-order chi connectivity index (χ0) is 24.1. The summed E-state index contributed by atoms with van der Waals surface area (Å²) in [6.45, 7) is 6.72. The molecule has 2 heterocycles. The van der Waals surface area contributed by atoms with Crippen molar-refractivity contribution in [3.63, 3.8) is 0 Å². The van der Waals surface area contributed by atoms with E-state index in [-0.39, 0.29) is 18.4 Å². The zero-order valence-electron chi connectivity index (χ0n) is 20.1. The predicted octanol–water partition coefficient (Wildman–Crippen LogP) is 5.15. The van der Waals surface area contributed by atoms with Gasteiger partial charge in [-0.05, 0) is 67.1 Å². The van der Waals surface area contributed by atoms with E-state index in [1.54, 1.807) is 17.0 Å². The molecule has 184 valence electrons. The molecule has 2 saturated heterocycles. The Bertz CT molecular complexity index is 936. The summed E-state index contributed by atoms with van der Waals surface area (Å²) in [6.07, 6.45) is 1.68. The monoisotopic (exact) mass is 471 g/mol. The second-order valence-electron chi connectivity index (χ2n) is 9.87. The molecule has 2 aliphatic rings. The molecule has 2 aromatic carbocycles. The summed E-state index contributed by atoms with van der Waals surface area (Å²) < 4.78 is 34.3. The Labute approximate surface area is 201 Å². The van der Waals surface area contributed by atoms with Crippen LogP contribution in [0.25, 0.3) is 0 Å². The van der Waals surface area contributed by atoms with Gasteiger partial charge in [0.1, 0.15) is 17.7 Å². The van der Waals surface area contributed by atoms with Crippen molar-refractivity contribution in [2.24, 2.45) is 5.92 Å². The molecule has 3 atom stereocenters. The van der Waals surface area contributed by atoms with Crippen molar-refractivity contribution >= 4 is 6.03 Å². The molecule has 2 fully saturated rings. The minimum atomic E-state index is -1.10. The Morgan fingerprint density at radius 3 is 2.56 bits per heavy atom. The molecule has 2 amide bonds. The molecule has 34 heavy (non-hydrogen) atoms. The topological polar surface area (TPSA) is 44.8 Å². The lowest BCUT2D eigenvalue weighted by Crippen LogP contribution is -2.57. The first-order chi connectivity index (χ1) is 16.4. The summed E-state index contributed by atoms with van der Waals surface area (Å²) in [5.74, 6) is 0.899. The first-order valence-corrected chi connectivity index (χ1v) is 12.3. The molecule has 0 bridgehead atoms. The molecule has 0 saturated carbocycles. The molecule has 0 radical (unpaired) electrons. The van der Waals surface area contributed by atoms with Gasteiger partial charge in [0.2, 0.25) is 0 Å². The number of amides is 2. The molecule has 5 nitrogen and oxygen atoms in total. The van der Waals surface area contributed by atoms with E-state index in [9.17, 15) is 9.18 Å². The Kier molecular flexibility index (Phi) is 8.03. The molecule has 1 N–H and O–H groups in total. The second kappa shape index (κ2) is 11.2. The minimum absolute atomic E-state index is 0.261. The Balaban J connectivity index is 1.47. The van der Waals surface area contributed by atoms with Crippen LogP contribution in [0.4, 0.5) is 13.6 Å². The number of urea groups is 1. The van der Waals surface area contributed by atoms with Crippen molar-refractivity contribution in [2.45, 2.75) is 64.5 Å². The molecule has 4 rings (SSSR count). The smallest absolute Gasteiger partial charge is 0.318 e. The van der Waals surface area contributed by atoms with Crippen molar-refractivity contribution in [2.75, 3.05) is 19.7 Å². The number of carbonyl (C=O) groups is 1. The molecule has 2 aliphatic heterocycles. The van der Waals surface area contributed by atoms with Crippen molar-refractivity contribution in [3.8, 4) is 5.75 Å². The van der Waals surface area contributed by atoms with Gasteiger partial charge < -0.3 is 15.0 Å². The van der Waals surface area contributed by atoms with Gasteiger partial charge in [0.05, 0.1) is 12.6 Å². The number of rotatable bonds is 8. The maximum absolute atomic E-state index is 15.3. The average molecular weight is 472 g/mol. The predicted molar refractivity (Wildman–Crippen MR) is 129 cm³/mol. The van der Waals surface area contributed by atoms with E-state index in [0.717, 1.165) is 36.3 Å². The highest BCUT2D eigenvalue weighted by Crippen LogP contribution is 2.32. The quantitative estimate of drug-likeness (QED) is 0.579. The SMILES string of the molecule is CC(C)COc1ccc(CN(C(=O)NCc2ccc(F)cc2)[C@H]2C[C@@H]3CCCN3C[C@H]2F)cc1. The molecule has 0 aliphatic carbocycles. The lowest BCUT2D eigenvalue weighted by atomic mass is 9.94. The first kappa shape index (κ1) is 24.5. The summed E-state index contributed by atoms with van der Waals surface area (Å²) >= 11 is 0. The van der Waals surface area contributed by atoms with Crippen LogP contribution in [0.2, 0.25) is 0 Å². The van der Waals surface area contributed by atoms with E-state index in [0.29, 0.717) is 38.1 Å². The summed E-state index contributed by atoms with van der Waals surface area (Å²) in [6, 6.07) is 13.3. The fraction of sp³-hybridized carbons (Fsp3) is 0.519. The number of ether oxygens (including phenoxy) is 1. The number of halogens is 2. The van der Waals surface area contributed by atoms with Crippen LogP contribution in [0.3, 0.4) is 0 Å². The van der Waals surface area contributed by atoms with Gasteiger partial charge in [-0.3, -0.25) is 4.90 Å². The third kappa shape index (κ3) is 6.26. The van der Waals surface area contributed by atoms with Gasteiger partial charge in [-0.2, -0.15) is 0 Å². The number of benzene rings is 2. The Morgan fingerprint density at radius 2 is 1.85 bits per heavy atom. The van der Waals surface area contributed by atoms with Crippen LogP contribution in [0.15, 0.2) is 48.5 Å². The van der Waals surface area contributed by atoms with Gasteiger partial charge in [0.25, 0.3) is 0 Å². The third-order valence-corrected chi connectivity index (χ3v) is 6.72. The van der Waals surface area contributed by atoms with Gasteiger partial charge in [-0.1, -0.05) is 38.1 Å². The average Bonchev–Trinajstić information content (AvgIpc) is 3.28. The zero-order valence-corrected chi connectivity index (χ0v) is 20.1. The van der Waals surface area contributed by atoms with E-state index in [2.05, 4.69) is 24.1 Å². The molecule has 0 aromatic heterocycles. The highest BCUT2D eigenvalue weighted by atomic mass is 19.1. The van der Waals surface area contributed by atoms with E-state index in [1.807, 2.05) is 24.3 Å². The summed E-state index contributed by atoms with van der Waals surface area (Å²) in [5.41, 5.74) is 1.72. The van der Waals surface area contributed by atoms with Crippen LogP contribution in [-0.2, 0) is 13.1 Å². The maximum atomic E-state index is 15.3. The van der Waals surface area contributed by atoms with Crippen LogP contribution in [0.1, 0.15) is 44.2 Å². The first-order valence-electron chi connectivity index (χ1n) is 12.3. The largest absolute Gasteiger partial charge is 0.493 e. The van der Waals surface area contributed by atoms with Crippen LogP contribution in [-0.4, -0.2) is 53.8 Å². The fourth-order valence-electron chi connectivity index (χ4n) is 4.87. The second-order valence-corrected chi connectivity index (χ2v) is 9.87. The maximum Gasteiger partial charge on any atom is 0.318 e. The Hall–Kier alpha value is -2.67. The molecule has 0 spiro atoms. The number of alkyl halides is 1. The number of hydrogen-bond donors (Lipinski definition) is 1. The molecular weight excluding hydrogens is 436 g/mol. The van der Waals surface area contributed by atoms with Crippen molar-refractivity contribution in [1.29, 1.82) is 0 Å². The number of fused-ring (bicyclic) bond motifs is 1. The van der Waals surface area contributed by atoms with E-state index < -0.39 is 12.2 Å². The van der Waals surface area contributed by atoms with Crippen LogP contribution < -0.4 is 10.1 Å². The van der Waals surface area contributed by atoms with Crippen molar-refractivity contribution in [3.05, 3.63) is 65.5 Å². The normalized spacial score (nSPS) is 22.4. The highest BCUT2D eigenvalue weighted by molar-refractivity contribution is 5.74. The minimum Gasteiger partial charge on any atom is -0.493 e. The van der Waals surface area contributed by atoms with Crippen LogP contribution in [0.5, 0.6) is 5.75 Å². The summed E-state index contributed by atoms with van der Waals surface area (Å²) in [5, 5.41) is 2.92. The summed E-state index contributed by atoms with van der Waals surface area (Å²) in [7, 11) is 0. The van der Waals surface area contributed by atoms with Crippen LogP contribution >= 0.6 is 0 Å². The van der Waals surface area contributed by atoms with Crippen LogP contribution in [0, 0.1) is 11.7 Å². The lowest BCUT2D eigenvalue weighted by Gasteiger charge is -2.42. The van der Waals surface area contributed by atoms with Gasteiger partial charge in [0, 0.05) is 25.7 Å². The summed E-state index contributed by atoms with van der Waals surface area (Å²) in [4.78, 5) is 17.2. The number of hydrogen-bond acceptors (Lipinski definition) is 3. The van der Waals surface area contributed by atoms with E-state index in [1.165, 1.54) is 12.1 Å². The lowest BCUT2D eigenvalue weighted by molar-refractivity contribution is 0.0311.